The van der Waals surface area contributed by atoms with Crippen LogP contribution in [0.5, 0.6) is 0 Å². The minimum atomic E-state index is -0.908. The molecule has 1 fully saturated rings. The molecule has 45 heavy (non-hydrogen) atoms. The Morgan fingerprint density at radius 2 is 1.84 bits per heavy atom. The summed E-state index contributed by atoms with van der Waals surface area (Å²) in [5.41, 5.74) is 4.09. The van der Waals surface area contributed by atoms with Crippen LogP contribution in [0.1, 0.15) is 83.5 Å². The number of amides is 4. The second-order valence-electron chi connectivity index (χ2n) is 12.9. The number of β-amino-alcohol motifs (C(OH)–C–C–N with tert-alkyl or cyclic N) is 1. The summed E-state index contributed by atoms with van der Waals surface area (Å²) >= 11 is 1.58. The van der Waals surface area contributed by atoms with Crippen LogP contribution >= 0.6 is 11.3 Å². The molecule has 4 atom stereocenters. The van der Waals surface area contributed by atoms with Crippen molar-refractivity contribution in [3.8, 4) is 22.8 Å². The van der Waals surface area contributed by atoms with Gasteiger partial charge in [-0.3, -0.25) is 19.2 Å². The maximum Gasteiger partial charge on any atom is 0.246 e. The van der Waals surface area contributed by atoms with Crippen LogP contribution in [0.25, 0.3) is 10.4 Å². The zero-order chi connectivity index (χ0) is 33.3. The highest BCUT2D eigenvalue weighted by Gasteiger charge is 2.44. The standard InChI is InChI=1S/C34H47N5O5S/c1-8-9-10-13-29(42)38(7)18-11-12-28(41)37-31(34(4,5)6)33(44)39-20-26(40)19-27(39)32(43)36-22(2)24-14-16-25(17-15-24)30-23(3)35-21-45-30/h1,14-17,21-22,26-27,31,40H,9-13,18-20H2,2-7H3,(H,36,43)(H,37,41)/t22-,26+,27-,31+/m0/s1. The molecule has 0 bridgehead atoms. The molecule has 0 saturated carbocycles. The lowest BCUT2D eigenvalue weighted by Gasteiger charge is -2.35. The van der Waals surface area contributed by atoms with Crippen LogP contribution in [0.15, 0.2) is 29.8 Å². The second-order valence-corrected chi connectivity index (χ2v) is 13.7. The molecule has 1 aromatic heterocycles. The predicted molar refractivity (Wildman–Crippen MR) is 176 cm³/mol. The van der Waals surface area contributed by atoms with E-state index in [-0.39, 0.29) is 43.1 Å². The number of carbonyl (C=O) groups excluding carboxylic acids is 4. The Morgan fingerprint density at radius 3 is 2.44 bits per heavy atom. The van der Waals surface area contributed by atoms with E-state index < -0.39 is 29.5 Å². The first-order chi connectivity index (χ1) is 21.2. The summed E-state index contributed by atoms with van der Waals surface area (Å²) in [4.78, 5) is 60.9. The highest BCUT2D eigenvalue weighted by atomic mass is 32.1. The van der Waals surface area contributed by atoms with E-state index in [1.165, 1.54) is 4.90 Å². The van der Waals surface area contributed by atoms with Crippen molar-refractivity contribution in [1.82, 2.24) is 25.4 Å². The Labute approximate surface area is 271 Å². The van der Waals surface area contributed by atoms with Gasteiger partial charge in [0.2, 0.25) is 23.6 Å². The number of hydrogen-bond acceptors (Lipinski definition) is 7. The number of unbranched alkanes of at least 4 members (excludes halogenated alkanes) is 1. The van der Waals surface area contributed by atoms with Crippen molar-refractivity contribution < 1.29 is 24.3 Å². The molecule has 3 N–H and O–H groups in total. The van der Waals surface area contributed by atoms with Crippen molar-refractivity contribution in [1.29, 1.82) is 0 Å². The number of terminal acetylenes is 1. The summed E-state index contributed by atoms with van der Waals surface area (Å²) in [6, 6.07) is 5.82. The number of thiazole rings is 1. The van der Waals surface area contributed by atoms with Crippen LogP contribution in [0.3, 0.4) is 0 Å². The van der Waals surface area contributed by atoms with E-state index in [0.29, 0.717) is 32.2 Å². The Hall–Kier alpha value is -3.75. The van der Waals surface area contributed by atoms with Gasteiger partial charge in [0.05, 0.1) is 28.2 Å². The Bertz CT molecular complexity index is 1380. The molecule has 4 amide bonds. The third-order valence-corrected chi connectivity index (χ3v) is 9.07. The number of aliphatic hydroxyl groups is 1. The molecular weight excluding hydrogens is 590 g/mol. The van der Waals surface area contributed by atoms with Crippen LogP contribution in [-0.4, -0.2) is 81.8 Å². The van der Waals surface area contributed by atoms with E-state index in [0.717, 1.165) is 21.7 Å². The van der Waals surface area contributed by atoms with Crippen molar-refractivity contribution in [2.45, 2.75) is 97.4 Å². The number of aromatic nitrogens is 1. The molecule has 1 aromatic carbocycles. The molecule has 0 aliphatic carbocycles. The average Bonchev–Trinajstić information content (AvgIpc) is 3.60. The largest absolute Gasteiger partial charge is 0.391 e. The number of hydrogen-bond donors (Lipinski definition) is 3. The maximum absolute atomic E-state index is 13.9. The van der Waals surface area contributed by atoms with Gasteiger partial charge in [-0.2, -0.15) is 0 Å². The summed E-state index contributed by atoms with van der Waals surface area (Å²) in [5, 5.41) is 16.4. The lowest BCUT2D eigenvalue weighted by atomic mass is 9.85. The molecule has 10 nitrogen and oxygen atoms in total. The maximum atomic E-state index is 13.9. The fourth-order valence-corrected chi connectivity index (χ4v) is 6.19. The van der Waals surface area contributed by atoms with Crippen molar-refractivity contribution in [2.24, 2.45) is 5.41 Å². The van der Waals surface area contributed by atoms with Gasteiger partial charge in [-0.1, -0.05) is 45.0 Å². The number of aliphatic hydroxyl groups excluding tert-OH is 1. The third kappa shape index (κ3) is 9.87. The number of rotatable bonds is 13. The van der Waals surface area contributed by atoms with Crippen molar-refractivity contribution >= 4 is 35.0 Å². The highest BCUT2D eigenvalue weighted by Crippen LogP contribution is 2.29. The Morgan fingerprint density at radius 1 is 1.16 bits per heavy atom. The van der Waals surface area contributed by atoms with Crippen molar-refractivity contribution in [2.75, 3.05) is 20.1 Å². The molecule has 244 valence electrons. The van der Waals surface area contributed by atoms with E-state index in [1.807, 2.05) is 64.4 Å². The summed E-state index contributed by atoms with van der Waals surface area (Å²) < 4.78 is 0. The molecule has 3 rings (SSSR count). The normalized spacial score (nSPS) is 17.7. The first-order valence-electron chi connectivity index (χ1n) is 15.5. The molecule has 0 radical (unpaired) electrons. The number of carbonyl (C=O) groups is 4. The van der Waals surface area contributed by atoms with E-state index in [4.69, 9.17) is 6.42 Å². The fraction of sp³-hybridized carbons (Fsp3) is 0.559. The SMILES string of the molecule is C#CCCCC(=O)N(C)CCCC(=O)N[C@H](C(=O)N1C[C@H](O)C[C@H]1C(=O)N[C@@H](C)c1ccc(-c2scnc2C)cc1)C(C)(C)C. The Kier molecular flexibility index (Phi) is 12.7. The zero-order valence-electron chi connectivity index (χ0n) is 27.3. The van der Waals surface area contributed by atoms with Gasteiger partial charge in [-0.15, -0.1) is 23.7 Å². The number of nitrogens with one attached hydrogen (secondary N) is 2. The van der Waals surface area contributed by atoms with Gasteiger partial charge in [0.25, 0.3) is 0 Å². The van der Waals surface area contributed by atoms with E-state index in [9.17, 15) is 24.3 Å². The minimum absolute atomic E-state index is 0.00321. The highest BCUT2D eigenvalue weighted by molar-refractivity contribution is 7.13. The van der Waals surface area contributed by atoms with Crippen LogP contribution in [0, 0.1) is 24.7 Å². The van der Waals surface area contributed by atoms with Gasteiger partial charge in [0.1, 0.15) is 12.1 Å². The van der Waals surface area contributed by atoms with E-state index in [2.05, 4.69) is 21.5 Å². The van der Waals surface area contributed by atoms with Gasteiger partial charge in [0.15, 0.2) is 0 Å². The monoisotopic (exact) mass is 637 g/mol. The topological polar surface area (TPSA) is 132 Å². The number of nitrogens with zero attached hydrogens (tertiary/aromatic N) is 3. The van der Waals surface area contributed by atoms with Crippen LogP contribution in [-0.2, 0) is 19.2 Å². The fourth-order valence-electron chi connectivity index (χ4n) is 5.38. The lowest BCUT2D eigenvalue weighted by molar-refractivity contribution is -0.144. The van der Waals surface area contributed by atoms with Gasteiger partial charge in [0, 0.05) is 45.8 Å². The molecule has 2 aromatic rings. The summed E-state index contributed by atoms with van der Waals surface area (Å²) in [7, 11) is 1.70. The average molecular weight is 638 g/mol. The number of benzene rings is 1. The van der Waals surface area contributed by atoms with Crippen LogP contribution < -0.4 is 10.6 Å². The Balaban J connectivity index is 1.61. The first kappa shape index (κ1) is 35.7. The smallest absolute Gasteiger partial charge is 0.246 e. The predicted octanol–water partition coefficient (Wildman–Crippen LogP) is 3.83. The van der Waals surface area contributed by atoms with Crippen molar-refractivity contribution in [3.05, 3.63) is 41.0 Å². The van der Waals surface area contributed by atoms with Crippen LogP contribution in [0.4, 0.5) is 0 Å². The molecule has 1 saturated heterocycles. The third-order valence-electron chi connectivity index (χ3n) is 8.10. The number of likely N-dealkylation sites (tertiary alicyclic amines) is 1. The molecule has 1 aliphatic rings. The van der Waals surface area contributed by atoms with E-state index in [1.54, 1.807) is 23.3 Å². The van der Waals surface area contributed by atoms with Crippen LogP contribution in [0.2, 0.25) is 0 Å². The quantitative estimate of drug-likeness (QED) is 0.226. The second kappa shape index (κ2) is 16.0. The molecule has 1 aliphatic heterocycles. The lowest BCUT2D eigenvalue weighted by Crippen LogP contribution is -2.57. The van der Waals surface area contributed by atoms with Gasteiger partial charge >= 0.3 is 0 Å². The molecule has 2 heterocycles. The summed E-state index contributed by atoms with van der Waals surface area (Å²) in [5.74, 6) is 1.41. The van der Waals surface area contributed by atoms with Crippen molar-refractivity contribution in [3.63, 3.8) is 0 Å². The number of aryl methyl sites for hydroxylation is 1. The molecule has 0 unspecified atom stereocenters. The molecular formula is C34H47N5O5S. The van der Waals surface area contributed by atoms with Gasteiger partial charge in [-0.25, -0.2) is 4.98 Å². The molecule has 0 spiro atoms. The minimum Gasteiger partial charge on any atom is -0.391 e. The zero-order valence-corrected chi connectivity index (χ0v) is 28.1. The van der Waals surface area contributed by atoms with Gasteiger partial charge < -0.3 is 25.5 Å². The van der Waals surface area contributed by atoms with E-state index >= 15 is 0 Å². The summed E-state index contributed by atoms with van der Waals surface area (Å²) in [6.07, 6.45) is 6.60. The van der Waals surface area contributed by atoms with Gasteiger partial charge in [-0.05, 0) is 43.2 Å². The first-order valence-corrected chi connectivity index (χ1v) is 16.4. The summed E-state index contributed by atoms with van der Waals surface area (Å²) in [6.45, 7) is 9.80. The molecule has 11 heteroatoms.